The summed E-state index contributed by atoms with van der Waals surface area (Å²) in [6, 6.07) is 7.44. The molecule has 1 atom stereocenters. The maximum Gasteiger partial charge on any atom is 0.241 e. The Morgan fingerprint density at radius 3 is 2.52 bits per heavy atom. The van der Waals surface area contributed by atoms with Crippen LogP contribution in [0, 0.1) is 0 Å². The second-order valence-electron chi connectivity index (χ2n) is 6.50. The molecule has 1 amide bonds. The van der Waals surface area contributed by atoms with E-state index in [9.17, 15) is 4.79 Å². The van der Waals surface area contributed by atoms with Gasteiger partial charge < -0.3 is 11.1 Å². The molecule has 134 valence electrons. The number of carbonyl (C=O) groups excluding carboxylic acids is 1. The van der Waals surface area contributed by atoms with Crippen molar-refractivity contribution in [3.05, 3.63) is 30.1 Å². The number of aromatic nitrogens is 3. The molecule has 0 saturated carbocycles. The van der Waals surface area contributed by atoms with Crippen molar-refractivity contribution in [2.24, 2.45) is 5.73 Å². The van der Waals surface area contributed by atoms with E-state index in [4.69, 9.17) is 5.73 Å². The molecule has 0 bridgehead atoms. The highest BCUT2D eigenvalue weighted by molar-refractivity contribution is 5.94. The Bertz CT molecular complexity index is 688. The van der Waals surface area contributed by atoms with Crippen LogP contribution in [0.5, 0.6) is 0 Å². The Kier molecular flexibility index (Phi) is 5.78. The van der Waals surface area contributed by atoms with Gasteiger partial charge in [-0.05, 0) is 57.1 Å². The minimum Gasteiger partial charge on any atom is -0.325 e. The molecule has 1 aromatic carbocycles. The Labute approximate surface area is 148 Å². The van der Waals surface area contributed by atoms with Gasteiger partial charge in [-0.15, -0.1) is 0 Å². The summed E-state index contributed by atoms with van der Waals surface area (Å²) in [6.07, 6.45) is 4.88. The van der Waals surface area contributed by atoms with Gasteiger partial charge in [0.05, 0.1) is 12.6 Å². The van der Waals surface area contributed by atoms with E-state index in [1.165, 1.54) is 25.7 Å². The van der Waals surface area contributed by atoms with Gasteiger partial charge >= 0.3 is 0 Å². The molecule has 1 aliphatic heterocycles. The van der Waals surface area contributed by atoms with E-state index in [1.54, 1.807) is 0 Å². The fraction of sp³-hybridized carbons (Fsp3) is 0.500. The van der Waals surface area contributed by atoms with Gasteiger partial charge in [0.25, 0.3) is 0 Å². The molecular weight excluding hydrogens is 316 g/mol. The van der Waals surface area contributed by atoms with Crippen molar-refractivity contribution in [2.75, 3.05) is 18.4 Å². The monoisotopic (exact) mass is 342 g/mol. The van der Waals surface area contributed by atoms with Crippen LogP contribution in [0.4, 0.5) is 5.69 Å². The molecule has 0 aliphatic carbocycles. The highest BCUT2D eigenvalue weighted by Gasteiger charge is 2.22. The minimum absolute atomic E-state index is 0.0398. The van der Waals surface area contributed by atoms with E-state index in [2.05, 4.69) is 25.4 Å². The molecule has 4 N–H and O–H groups in total. The lowest BCUT2D eigenvalue weighted by Crippen LogP contribution is -2.42. The van der Waals surface area contributed by atoms with E-state index in [1.807, 2.05) is 31.2 Å². The molecule has 0 radical (unpaired) electrons. The third-order valence-electron chi connectivity index (χ3n) is 4.70. The van der Waals surface area contributed by atoms with Gasteiger partial charge in [-0.25, -0.2) is 4.98 Å². The van der Waals surface area contributed by atoms with Gasteiger partial charge in [-0.3, -0.25) is 14.8 Å². The van der Waals surface area contributed by atoms with Crippen LogP contribution in [-0.4, -0.2) is 45.1 Å². The van der Waals surface area contributed by atoms with Crippen LogP contribution >= 0.6 is 0 Å². The first-order valence-electron chi connectivity index (χ1n) is 8.94. The second kappa shape index (κ2) is 8.22. The molecule has 1 saturated heterocycles. The third kappa shape index (κ3) is 4.43. The van der Waals surface area contributed by atoms with E-state index in [0.717, 1.165) is 24.3 Å². The summed E-state index contributed by atoms with van der Waals surface area (Å²) in [6.45, 7) is 4.32. The lowest BCUT2D eigenvalue weighted by Gasteiger charge is -2.26. The molecular formula is C18H26N6O. The number of likely N-dealkylation sites (tertiary alicyclic amines) is 1. The fourth-order valence-electron chi connectivity index (χ4n) is 3.11. The maximum absolute atomic E-state index is 12.5. The molecule has 1 aliphatic rings. The van der Waals surface area contributed by atoms with Crippen LogP contribution in [-0.2, 0) is 11.3 Å². The van der Waals surface area contributed by atoms with Crippen molar-refractivity contribution >= 4 is 11.6 Å². The lowest BCUT2D eigenvalue weighted by molar-refractivity contribution is -0.120. The number of nitrogens with one attached hydrogen (secondary N) is 2. The molecule has 7 nitrogen and oxygen atoms in total. The third-order valence-corrected chi connectivity index (χ3v) is 4.70. The number of amides is 1. The summed E-state index contributed by atoms with van der Waals surface area (Å²) in [7, 11) is 0. The molecule has 7 heteroatoms. The van der Waals surface area contributed by atoms with Gasteiger partial charge in [0.2, 0.25) is 5.91 Å². The maximum atomic E-state index is 12.5. The normalized spacial score (nSPS) is 17.0. The van der Waals surface area contributed by atoms with E-state index < -0.39 is 0 Å². The molecule has 0 spiro atoms. The number of H-pyrrole nitrogens is 1. The Morgan fingerprint density at radius 1 is 1.24 bits per heavy atom. The van der Waals surface area contributed by atoms with E-state index in [-0.39, 0.29) is 11.9 Å². The summed E-state index contributed by atoms with van der Waals surface area (Å²) in [5, 5.41) is 9.94. The van der Waals surface area contributed by atoms with Crippen molar-refractivity contribution in [3.8, 4) is 11.4 Å². The predicted molar refractivity (Wildman–Crippen MR) is 97.8 cm³/mol. The zero-order chi connectivity index (χ0) is 17.6. The van der Waals surface area contributed by atoms with Gasteiger partial charge in [0.1, 0.15) is 5.82 Å². The first-order valence-corrected chi connectivity index (χ1v) is 8.94. The van der Waals surface area contributed by atoms with Crippen LogP contribution in [0.15, 0.2) is 24.3 Å². The fourth-order valence-corrected chi connectivity index (χ4v) is 3.11. The molecule has 2 aromatic rings. The van der Waals surface area contributed by atoms with Gasteiger partial charge in [0.15, 0.2) is 5.82 Å². The van der Waals surface area contributed by atoms with Gasteiger partial charge in [0, 0.05) is 11.3 Å². The number of nitrogens with two attached hydrogens (primary N) is 1. The predicted octanol–water partition coefficient (Wildman–Crippen LogP) is 2.13. The number of aromatic amines is 1. The Morgan fingerprint density at radius 2 is 1.92 bits per heavy atom. The van der Waals surface area contributed by atoms with Gasteiger partial charge in [-0.1, -0.05) is 12.8 Å². The number of anilines is 1. The average Bonchev–Trinajstić information content (AvgIpc) is 2.96. The second-order valence-corrected chi connectivity index (χ2v) is 6.50. The number of rotatable bonds is 5. The topological polar surface area (TPSA) is 99.9 Å². The smallest absolute Gasteiger partial charge is 0.241 e. The highest BCUT2D eigenvalue weighted by Crippen LogP contribution is 2.19. The summed E-state index contributed by atoms with van der Waals surface area (Å²) < 4.78 is 0. The molecule has 25 heavy (non-hydrogen) atoms. The van der Waals surface area contributed by atoms with Crippen LogP contribution in [0.25, 0.3) is 11.4 Å². The zero-order valence-electron chi connectivity index (χ0n) is 14.7. The zero-order valence-corrected chi connectivity index (χ0v) is 14.7. The van der Waals surface area contributed by atoms with Crippen molar-refractivity contribution in [2.45, 2.75) is 45.2 Å². The summed E-state index contributed by atoms with van der Waals surface area (Å²) >= 11 is 0. The van der Waals surface area contributed by atoms with Crippen molar-refractivity contribution in [1.82, 2.24) is 20.1 Å². The molecule has 3 rings (SSSR count). The molecule has 2 heterocycles. The summed E-state index contributed by atoms with van der Waals surface area (Å²) in [5.74, 6) is 1.30. The molecule has 1 fully saturated rings. The lowest BCUT2D eigenvalue weighted by atomic mass is 10.2. The minimum atomic E-state index is -0.113. The van der Waals surface area contributed by atoms with Crippen LogP contribution in [0.2, 0.25) is 0 Å². The SMILES string of the molecule is CC(C(=O)Nc1ccc(-c2n[nH]c(CN)n2)cc1)N1CCCCCC1. The van der Waals surface area contributed by atoms with Crippen LogP contribution in [0.3, 0.4) is 0 Å². The van der Waals surface area contributed by atoms with Gasteiger partial charge in [-0.2, -0.15) is 5.10 Å². The number of benzene rings is 1. The average molecular weight is 342 g/mol. The number of hydrogen-bond donors (Lipinski definition) is 3. The first kappa shape index (κ1) is 17.6. The quantitative estimate of drug-likeness (QED) is 0.773. The molecule has 1 aromatic heterocycles. The number of carbonyl (C=O) groups is 1. The largest absolute Gasteiger partial charge is 0.325 e. The molecule has 1 unspecified atom stereocenters. The Hall–Kier alpha value is -2.25. The highest BCUT2D eigenvalue weighted by atomic mass is 16.2. The summed E-state index contributed by atoms with van der Waals surface area (Å²) in [5.41, 5.74) is 7.20. The van der Waals surface area contributed by atoms with E-state index >= 15 is 0 Å². The van der Waals surface area contributed by atoms with Crippen molar-refractivity contribution in [3.63, 3.8) is 0 Å². The number of hydrogen-bond acceptors (Lipinski definition) is 5. The van der Waals surface area contributed by atoms with Crippen molar-refractivity contribution in [1.29, 1.82) is 0 Å². The van der Waals surface area contributed by atoms with E-state index in [0.29, 0.717) is 18.2 Å². The Balaban J connectivity index is 1.61. The van der Waals surface area contributed by atoms with Crippen molar-refractivity contribution < 1.29 is 4.79 Å². The van der Waals surface area contributed by atoms with Crippen LogP contribution in [0.1, 0.15) is 38.4 Å². The number of nitrogens with zero attached hydrogens (tertiary/aromatic N) is 3. The standard InChI is InChI=1S/C18H26N6O/c1-13(24-10-4-2-3-5-11-24)18(25)20-15-8-6-14(7-9-15)17-21-16(12-19)22-23-17/h6-9,13H,2-5,10-12,19H2,1H3,(H,20,25)(H,21,22,23). The summed E-state index contributed by atoms with van der Waals surface area (Å²) in [4.78, 5) is 19.1. The first-order chi connectivity index (χ1) is 12.2. The van der Waals surface area contributed by atoms with Crippen LogP contribution < -0.4 is 11.1 Å².